The van der Waals surface area contributed by atoms with Gasteiger partial charge in [-0.25, -0.2) is 37.1 Å². The van der Waals surface area contributed by atoms with Gasteiger partial charge >= 0.3 is 12.2 Å². The third-order valence-electron chi connectivity index (χ3n) is 13.7. The van der Waals surface area contributed by atoms with E-state index in [-0.39, 0.29) is 24.0 Å². The van der Waals surface area contributed by atoms with Crippen LogP contribution in [-0.4, -0.2) is 105 Å². The van der Waals surface area contributed by atoms with Gasteiger partial charge in [-0.3, -0.25) is 9.59 Å². The lowest BCUT2D eigenvalue weighted by Gasteiger charge is -2.32. The van der Waals surface area contributed by atoms with Crippen molar-refractivity contribution in [3.05, 3.63) is 72.4 Å². The molecular weight excluding hydrogens is 825 g/mol. The number of nitrogens with zero attached hydrogens (tertiary/aromatic N) is 4. The molecule has 2 saturated heterocycles. The van der Waals surface area contributed by atoms with Crippen molar-refractivity contribution >= 4 is 45.8 Å². The molecule has 0 spiro atoms. The van der Waals surface area contributed by atoms with Gasteiger partial charge < -0.3 is 39.9 Å². The van der Waals surface area contributed by atoms with Crippen LogP contribution in [0.15, 0.2) is 60.8 Å². The number of halogens is 4. The van der Waals surface area contributed by atoms with E-state index in [2.05, 4.69) is 25.6 Å². The minimum Gasteiger partial charge on any atom is -0.453 e. The van der Waals surface area contributed by atoms with Gasteiger partial charge in [0.1, 0.15) is 23.2 Å². The van der Waals surface area contributed by atoms with Crippen molar-refractivity contribution < 1.29 is 46.2 Å². The van der Waals surface area contributed by atoms with E-state index in [4.69, 9.17) is 14.5 Å². The van der Waals surface area contributed by atoms with Crippen molar-refractivity contribution in [2.24, 2.45) is 23.2 Å². The van der Waals surface area contributed by atoms with E-state index in [1.807, 2.05) is 68.4 Å². The average Bonchev–Trinajstić information content (AvgIpc) is 3.91. The molecule has 0 radical (unpaired) electrons. The van der Waals surface area contributed by atoms with Crippen molar-refractivity contribution in [2.45, 2.75) is 82.5 Å². The number of piperidine rings is 1. The smallest absolute Gasteiger partial charge is 0.407 e. The van der Waals surface area contributed by atoms with Gasteiger partial charge in [0.25, 0.3) is 11.8 Å². The Morgan fingerprint density at radius 2 is 1.54 bits per heavy atom. The number of H-pyrrole nitrogens is 2. The summed E-state index contributed by atoms with van der Waals surface area (Å²) in [6, 6.07) is 14.6. The average molecular weight is 873 g/mol. The molecule has 332 valence electrons. The fourth-order valence-electron chi connectivity index (χ4n) is 10.0. The first-order chi connectivity index (χ1) is 29.8. The summed E-state index contributed by atoms with van der Waals surface area (Å²) in [5.41, 5.74) is 1.93. The SMILES string of the molecule is COC(=O)NC(C(=O)N1CC(F)(F)[C@H]2C[C@]21c1nc2c(ccc3cc(-c4ccc(-c5cnc([C@@H]6CC(F)(F)CN6C(=O)C6(C(C)C)CC6NC(=O)OC)[nH]5)cc4)ccc32)[nH]1)C(C)C. The molecule has 2 saturated carbocycles. The van der Waals surface area contributed by atoms with Crippen LogP contribution in [0.25, 0.3) is 44.2 Å². The Morgan fingerprint density at radius 1 is 0.841 bits per heavy atom. The van der Waals surface area contributed by atoms with Crippen LogP contribution in [0, 0.1) is 23.2 Å². The molecule has 6 atom stereocenters. The molecule has 4 heterocycles. The number of ether oxygens (including phenoxy) is 2. The Balaban J connectivity index is 0.946. The summed E-state index contributed by atoms with van der Waals surface area (Å²) in [5.74, 6) is -8.59. The number of likely N-dealkylation sites (tertiary alicyclic amines) is 2. The van der Waals surface area contributed by atoms with Gasteiger partial charge in [-0.15, -0.1) is 0 Å². The summed E-state index contributed by atoms with van der Waals surface area (Å²) in [4.78, 5) is 70.1. The molecule has 14 nitrogen and oxygen atoms in total. The van der Waals surface area contributed by atoms with E-state index in [0.29, 0.717) is 23.1 Å². The highest BCUT2D eigenvalue weighted by molar-refractivity contribution is 6.05. The van der Waals surface area contributed by atoms with Crippen LogP contribution in [0.4, 0.5) is 27.2 Å². The number of aromatic amines is 2. The highest BCUT2D eigenvalue weighted by Gasteiger charge is 2.78. The van der Waals surface area contributed by atoms with Crippen LogP contribution in [0.3, 0.4) is 0 Å². The molecule has 3 unspecified atom stereocenters. The van der Waals surface area contributed by atoms with E-state index in [1.54, 1.807) is 20.0 Å². The van der Waals surface area contributed by atoms with Crippen LogP contribution < -0.4 is 10.6 Å². The second-order valence-corrected chi connectivity index (χ2v) is 18.1. The van der Waals surface area contributed by atoms with Gasteiger partial charge in [0.15, 0.2) is 0 Å². The van der Waals surface area contributed by atoms with Gasteiger partial charge in [0, 0.05) is 17.8 Å². The number of rotatable bonds is 10. The van der Waals surface area contributed by atoms with E-state index < -0.39 is 96.3 Å². The first-order valence-corrected chi connectivity index (χ1v) is 21.0. The van der Waals surface area contributed by atoms with Crippen LogP contribution >= 0.6 is 0 Å². The Bertz CT molecular complexity index is 2670. The molecule has 2 aliphatic heterocycles. The van der Waals surface area contributed by atoms with Gasteiger partial charge in [-0.05, 0) is 58.9 Å². The molecule has 5 aromatic rings. The fraction of sp³-hybridized carbons (Fsp3) is 0.467. The maximum Gasteiger partial charge on any atom is 0.407 e. The zero-order chi connectivity index (χ0) is 45.0. The lowest BCUT2D eigenvalue weighted by Crippen LogP contribution is -2.54. The zero-order valence-corrected chi connectivity index (χ0v) is 35.5. The normalized spacial score (nSPS) is 25.9. The van der Waals surface area contributed by atoms with Crippen molar-refractivity contribution in [3.8, 4) is 22.4 Å². The molecule has 9 rings (SSSR count). The summed E-state index contributed by atoms with van der Waals surface area (Å²) in [5, 5.41) is 6.82. The summed E-state index contributed by atoms with van der Waals surface area (Å²) in [6.07, 6.45) is -0.194. The number of methoxy groups -OCH3 is 2. The minimum atomic E-state index is -3.15. The first-order valence-electron chi connectivity index (χ1n) is 21.0. The van der Waals surface area contributed by atoms with E-state index in [1.165, 1.54) is 24.0 Å². The molecule has 4 fully saturated rings. The van der Waals surface area contributed by atoms with Gasteiger partial charge in [0.05, 0.1) is 67.6 Å². The number of fused-ring (bicyclic) bond motifs is 4. The predicted molar refractivity (Wildman–Crippen MR) is 222 cm³/mol. The van der Waals surface area contributed by atoms with Gasteiger partial charge in [0.2, 0.25) is 11.8 Å². The molecular formula is C45H48F4N8O6. The lowest BCUT2D eigenvalue weighted by molar-refractivity contribution is -0.141. The topological polar surface area (TPSA) is 175 Å². The monoisotopic (exact) mass is 872 g/mol. The molecule has 0 bridgehead atoms. The molecule has 18 heteroatoms. The molecule has 4 N–H and O–H groups in total. The van der Waals surface area contributed by atoms with Crippen molar-refractivity contribution in [2.75, 3.05) is 27.3 Å². The quantitative estimate of drug-likeness (QED) is 0.104. The summed E-state index contributed by atoms with van der Waals surface area (Å²) >= 11 is 0. The largest absolute Gasteiger partial charge is 0.453 e. The minimum absolute atomic E-state index is 0.0259. The summed E-state index contributed by atoms with van der Waals surface area (Å²) in [6.45, 7) is 5.57. The molecule has 4 amide bonds. The third kappa shape index (κ3) is 6.83. The second-order valence-electron chi connectivity index (χ2n) is 18.1. The number of alkyl carbamates (subject to hydrolysis) is 2. The zero-order valence-electron chi connectivity index (χ0n) is 35.5. The Morgan fingerprint density at radius 3 is 2.21 bits per heavy atom. The van der Waals surface area contributed by atoms with E-state index in [9.17, 15) is 19.2 Å². The molecule has 3 aromatic carbocycles. The maximum atomic E-state index is 15.4. The second kappa shape index (κ2) is 14.7. The number of carbonyl (C=O) groups excluding carboxylic acids is 4. The Labute approximate surface area is 359 Å². The van der Waals surface area contributed by atoms with Crippen LogP contribution in [0.2, 0.25) is 0 Å². The highest BCUT2D eigenvalue weighted by atomic mass is 19.3. The van der Waals surface area contributed by atoms with Crippen LogP contribution in [-0.2, 0) is 24.6 Å². The molecule has 2 aromatic heterocycles. The van der Waals surface area contributed by atoms with E-state index >= 15 is 17.6 Å². The lowest BCUT2D eigenvalue weighted by atomic mass is 9.89. The van der Waals surface area contributed by atoms with Crippen LogP contribution in [0.1, 0.15) is 64.6 Å². The summed E-state index contributed by atoms with van der Waals surface area (Å²) in [7, 11) is 2.40. The highest BCUT2D eigenvalue weighted by Crippen LogP contribution is 2.67. The first kappa shape index (κ1) is 42.1. The number of imidazole rings is 2. The number of alkyl halides is 4. The molecule has 63 heavy (non-hydrogen) atoms. The predicted octanol–water partition coefficient (Wildman–Crippen LogP) is 7.53. The number of hydrogen-bond acceptors (Lipinski definition) is 8. The Hall–Kier alpha value is -6.20. The maximum absolute atomic E-state index is 15.4. The number of nitrogens with one attached hydrogen (secondary N) is 4. The van der Waals surface area contributed by atoms with E-state index in [0.717, 1.165) is 27.5 Å². The number of carbonyl (C=O) groups is 4. The standard InChI is InChI=1S/C45H48F4N8O6/c1-22(2)34(55-41(61)63-6)37(58)57-21-45(48,49)32-17-44(32,57)38-52-29-14-12-27-15-26(11-13-28(27)35(29)54-38)24-7-9-25(10-8-24)30-19-50-36(51-30)31-16-42(46,47)20-56(31)39(59)43(23(3)4)18-33(43)53-40(60)62-5/h7-15,19,22-23,31-34H,16-18,20-21H2,1-6H3,(H,50,51)(H,52,54)(H,53,60)(H,55,61)/t31-,32-,33?,34?,43?,44+/m0/s1. The Kier molecular flexibility index (Phi) is 9.82. The van der Waals surface area contributed by atoms with Crippen molar-refractivity contribution in [1.29, 1.82) is 0 Å². The summed E-state index contributed by atoms with van der Waals surface area (Å²) < 4.78 is 70.2. The fourth-order valence-corrected chi connectivity index (χ4v) is 10.0. The number of hydrogen-bond donors (Lipinski definition) is 4. The molecule has 2 aliphatic carbocycles. The number of aromatic nitrogens is 4. The van der Waals surface area contributed by atoms with Crippen molar-refractivity contribution in [1.82, 2.24) is 40.4 Å². The number of amides is 4. The van der Waals surface area contributed by atoms with Crippen molar-refractivity contribution in [3.63, 3.8) is 0 Å². The molecule has 4 aliphatic rings. The van der Waals surface area contributed by atoms with Gasteiger partial charge in [-0.2, -0.15) is 0 Å². The number of benzene rings is 3. The van der Waals surface area contributed by atoms with Gasteiger partial charge in [-0.1, -0.05) is 70.2 Å². The van der Waals surface area contributed by atoms with Crippen LogP contribution in [0.5, 0.6) is 0 Å². The third-order valence-corrected chi connectivity index (χ3v) is 13.7.